The van der Waals surface area contributed by atoms with Crippen molar-refractivity contribution in [1.82, 2.24) is 4.90 Å². The largest absolute Gasteiger partial charge is 0.427 e. The number of nitrogens with one attached hydrogen (secondary N) is 1. The fourth-order valence-electron chi connectivity index (χ4n) is 6.76. The molecule has 202 valence electrons. The minimum absolute atomic E-state index is 0.248. The Hall–Kier alpha value is -4.82. The minimum atomic E-state index is -1.36. The van der Waals surface area contributed by atoms with Crippen LogP contribution in [-0.4, -0.2) is 34.4 Å². The molecule has 4 atom stereocenters. The van der Waals surface area contributed by atoms with Gasteiger partial charge in [-0.15, -0.1) is 11.3 Å². The van der Waals surface area contributed by atoms with Crippen LogP contribution in [-0.2, 0) is 15.0 Å². The van der Waals surface area contributed by atoms with E-state index in [0.29, 0.717) is 27.4 Å². The molecule has 41 heavy (non-hydrogen) atoms. The van der Waals surface area contributed by atoms with Crippen molar-refractivity contribution in [2.24, 2.45) is 5.92 Å². The van der Waals surface area contributed by atoms with Crippen molar-refractivity contribution in [2.45, 2.75) is 24.4 Å². The summed E-state index contributed by atoms with van der Waals surface area (Å²) in [6, 6.07) is 23.5. The molecule has 1 saturated heterocycles. The molecule has 0 radical (unpaired) electrons. The number of anilines is 1. The number of rotatable bonds is 5. The summed E-state index contributed by atoms with van der Waals surface area (Å²) >= 11 is 1.30. The van der Waals surface area contributed by atoms with E-state index >= 15 is 0 Å². The van der Waals surface area contributed by atoms with Crippen molar-refractivity contribution >= 4 is 46.5 Å². The van der Waals surface area contributed by atoms with Gasteiger partial charge in [0.05, 0.1) is 16.8 Å². The molecule has 1 aromatic heterocycles. The van der Waals surface area contributed by atoms with Crippen LogP contribution in [0, 0.1) is 5.92 Å². The molecule has 0 unspecified atom stereocenters. The highest BCUT2D eigenvalue weighted by molar-refractivity contribution is 7.12. The normalized spacial score (nSPS) is 23.5. The number of ketones is 2. The molecule has 3 aliphatic rings. The number of nitrogens with zero attached hydrogens (tertiary/aromatic N) is 1. The number of para-hydroxylation sites is 1. The molecule has 7 nitrogen and oxygen atoms in total. The van der Waals surface area contributed by atoms with Gasteiger partial charge >= 0.3 is 5.97 Å². The number of hydrogen-bond donors (Lipinski definition) is 1. The lowest BCUT2D eigenvalue weighted by atomic mass is 9.63. The number of carbonyl (C=O) groups excluding carboxylic acids is 4. The van der Waals surface area contributed by atoms with Gasteiger partial charge < -0.3 is 15.0 Å². The fourth-order valence-corrected chi connectivity index (χ4v) is 7.47. The van der Waals surface area contributed by atoms with Crippen LogP contribution in [0.5, 0.6) is 5.75 Å². The smallest absolute Gasteiger partial charge is 0.308 e. The second kappa shape index (κ2) is 9.38. The third kappa shape index (κ3) is 3.64. The summed E-state index contributed by atoms with van der Waals surface area (Å²) in [5.41, 5.74) is 2.16. The Kier molecular flexibility index (Phi) is 5.76. The number of fused-ring (bicyclic) bond motifs is 6. The molecule has 4 aromatic rings. The number of carbonyl (C=O) groups is 4. The Morgan fingerprint density at radius 3 is 2.41 bits per heavy atom. The van der Waals surface area contributed by atoms with E-state index in [9.17, 15) is 19.2 Å². The molecule has 1 N–H and O–H groups in total. The van der Waals surface area contributed by atoms with E-state index in [1.807, 2.05) is 71.1 Å². The van der Waals surface area contributed by atoms with Gasteiger partial charge in [0.15, 0.2) is 11.6 Å². The van der Waals surface area contributed by atoms with Crippen molar-refractivity contribution in [3.8, 4) is 5.75 Å². The number of benzene rings is 3. The summed E-state index contributed by atoms with van der Waals surface area (Å²) in [7, 11) is 0. The Labute approximate surface area is 240 Å². The van der Waals surface area contributed by atoms with Gasteiger partial charge in [-0.3, -0.25) is 19.2 Å². The van der Waals surface area contributed by atoms with Gasteiger partial charge in [-0.2, -0.15) is 0 Å². The zero-order valence-electron chi connectivity index (χ0n) is 21.9. The van der Waals surface area contributed by atoms with Crippen LogP contribution in [0.1, 0.15) is 49.7 Å². The lowest BCUT2D eigenvalue weighted by molar-refractivity contribution is -0.131. The van der Waals surface area contributed by atoms with Gasteiger partial charge in [0.25, 0.3) is 0 Å². The zero-order chi connectivity index (χ0) is 28.3. The van der Waals surface area contributed by atoms with Crippen LogP contribution in [0.2, 0.25) is 0 Å². The molecule has 7 rings (SSSR count). The molecule has 3 aromatic carbocycles. The van der Waals surface area contributed by atoms with E-state index in [1.54, 1.807) is 36.4 Å². The van der Waals surface area contributed by atoms with Crippen molar-refractivity contribution in [3.05, 3.63) is 124 Å². The second-order valence-electron chi connectivity index (χ2n) is 10.4. The monoisotopic (exact) mass is 560 g/mol. The SMILES string of the molecule is CC(=O)Oc1ccc(C(=O)[C@@H]2[C@H](C(=O)c3cccs3)[C@]3(C(=O)Nc4ccccc43)[C@@H]3c4ccccc4C=CN23)cc1. The first-order chi connectivity index (χ1) is 19.9. The van der Waals surface area contributed by atoms with Crippen molar-refractivity contribution in [2.75, 3.05) is 5.32 Å². The number of ether oxygens (including phenoxy) is 1. The molecule has 0 bridgehead atoms. The minimum Gasteiger partial charge on any atom is -0.427 e. The quantitative estimate of drug-likeness (QED) is 0.193. The molecule has 4 heterocycles. The predicted octanol–water partition coefficient (Wildman–Crippen LogP) is 5.66. The lowest BCUT2D eigenvalue weighted by Crippen LogP contribution is -2.49. The molecule has 0 aliphatic carbocycles. The Morgan fingerprint density at radius 1 is 0.902 bits per heavy atom. The zero-order valence-corrected chi connectivity index (χ0v) is 22.8. The van der Waals surface area contributed by atoms with E-state index in [4.69, 9.17) is 4.74 Å². The third-order valence-corrected chi connectivity index (χ3v) is 9.17. The second-order valence-corrected chi connectivity index (χ2v) is 11.4. The molecular weight excluding hydrogens is 536 g/mol. The van der Waals surface area contributed by atoms with Gasteiger partial charge in [-0.1, -0.05) is 48.5 Å². The Morgan fingerprint density at radius 2 is 1.66 bits per heavy atom. The maximum Gasteiger partial charge on any atom is 0.308 e. The molecule has 8 heteroatoms. The maximum atomic E-state index is 14.6. The number of amides is 1. The standard InChI is InChI=1S/C33H24N2O5S/c1-19(36)40-22-14-12-21(13-15-22)29(37)28-27(30(38)26-11-6-18-41-26)33(24-9-4-5-10-25(24)34-32(33)39)31-23-8-3-2-7-20(23)16-17-35(28)31/h2-18,27-28,31H,1H3,(H,34,39)/t27-,28+,31+,33+/m1/s1. The van der Waals surface area contributed by atoms with Crippen molar-refractivity contribution < 1.29 is 23.9 Å². The average molecular weight is 561 g/mol. The van der Waals surface area contributed by atoms with Crippen LogP contribution < -0.4 is 10.1 Å². The first-order valence-corrected chi connectivity index (χ1v) is 14.1. The van der Waals surface area contributed by atoms with Crippen LogP contribution in [0.4, 0.5) is 5.69 Å². The highest BCUT2D eigenvalue weighted by atomic mass is 32.1. The molecular formula is C33H24N2O5S. The third-order valence-electron chi connectivity index (χ3n) is 8.29. The highest BCUT2D eigenvalue weighted by Crippen LogP contribution is 2.62. The van der Waals surface area contributed by atoms with Gasteiger partial charge in [0, 0.05) is 24.4 Å². The van der Waals surface area contributed by atoms with E-state index < -0.39 is 29.4 Å². The summed E-state index contributed by atoms with van der Waals surface area (Å²) in [6.07, 6.45) is 3.78. The fraction of sp³-hybridized carbons (Fsp3) is 0.152. The van der Waals surface area contributed by atoms with E-state index in [0.717, 1.165) is 11.1 Å². The molecule has 1 fully saturated rings. The predicted molar refractivity (Wildman–Crippen MR) is 155 cm³/mol. The first-order valence-electron chi connectivity index (χ1n) is 13.3. The van der Waals surface area contributed by atoms with Gasteiger partial charge in [-0.25, -0.2) is 0 Å². The Balaban J connectivity index is 1.47. The van der Waals surface area contributed by atoms with E-state index in [2.05, 4.69) is 5.32 Å². The first kappa shape index (κ1) is 25.2. The van der Waals surface area contributed by atoms with Gasteiger partial charge in [0.2, 0.25) is 5.91 Å². The maximum absolute atomic E-state index is 14.6. The summed E-state index contributed by atoms with van der Waals surface area (Å²) in [5, 5.41) is 4.87. The van der Waals surface area contributed by atoms with Crippen LogP contribution in [0.15, 0.2) is 96.5 Å². The van der Waals surface area contributed by atoms with Crippen LogP contribution in [0.25, 0.3) is 6.08 Å². The number of thiophene rings is 1. The topological polar surface area (TPSA) is 92.8 Å². The van der Waals surface area contributed by atoms with Crippen LogP contribution >= 0.6 is 11.3 Å². The number of hydrogen-bond acceptors (Lipinski definition) is 7. The van der Waals surface area contributed by atoms with Crippen molar-refractivity contribution in [1.29, 1.82) is 0 Å². The van der Waals surface area contributed by atoms with Crippen molar-refractivity contribution in [3.63, 3.8) is 0 Å². The van der Waals surface area contributed by atoms with Gasteiger partial charge in [0.1, 0.15) is 17.2 Å². The Bertz CT molecular complexity index is 1760. The lowest BCUT2D eigenvalue weighted by Gasteiger charge is -2.38. The molecule has 3 aliphatic heterocycles. The van der Waals surface area contributed by atoms with Crippen LogP contribution in [0.3, 0.4) is 0 Å². The van der Waals surface area contributed by atoms with Gasteiger partial charge in [-0.05, 0) is 64.5 Å². The van der Waals surface area contributed by atoms with E-state index in [1.165, 1.54) is 18.3 Å². The summed E-state index contributed by atoms with van der Waals surface area (Å²) < 4.78 is 5.16. The average Bonchev–Trinajstić information content (AvgIpc) is 3.69. The molecule has 1 spiro atoms. The number of Topliss-reactive ketones (excluding diaryl/α,β-unsaturated/α-hetero) is 2. The summed E-state index contributed by atoms with van der Waals surface area (Å²) in [4.78, 5) is 57.3. The van der Waals surface area contributed by atoms with E-state index in [-0.39, 0.29) is 17.5 Å². The molecule has 1 amide bonds. The summed E-state index contributed by atoms with van der Waals surface area (Å²) in [5.74, 6) is -2.01. The molecule has 0 saturated carbocycles. The summed E-state index contributed by atoms with van der Waals surface area (Å²) in [6.45, 7) is 1.31. The number of esters is 1. The highest BCUT2D eigenvalue weighted by Gasteiger charge is 2.70.